The van der Waals surface area contributed by atoms with Crippen molar-refractivity contribution in [1.29, 1.82) is 0 Å². The summed E-state index contributed by atoms with van der Waals surface area (Å²) in [5.41, 5.74) is 1.41. The number of rotatable bonds is 0. The van der Waals surface area contributed by atoms with E-state index in [1.54, 1.807) is 0 Å². The molecule has 0 amide bonds. The summed E-state index contributed by atoms with van der Waals surface area (Å²) >= 11 is 0. The molecule has 0 aliphatic carbocycles. The van der Waals surface area contributed by atoms with E-state index < -0.39 is 0 Å². The molecule has 0 saturated carbocycles. The smallest absolute Gasteiger partial charge is 0.123 e. The van der Waals surface area contributed by atoms with E-state index in [-0.39, 0.29) is 0 Å². The normalized spacial score (nSPS) is 30.5. The summed E-state index contributed by atoms with van der Waals surface area (Å²) in [5.74, 6) is 1.73. The molecule has 3 rings (SSSR count). The highest BCUT2D eigenvalue weighted by Gasteiger charge is 2.35. The van der Waals surface area contributed by atoms with Crippen LogP contribution in [0.4, 0.5) is 0 Å². The van der Waals surface area contributed by atoms with Crippen molar-refractivity contribution in [3.8, 4) is 5.75 Å². The molecule has 1 fully saturated rings. The van der Waals surface area contributed by atoms with Gasteiger partial charge in [0, 0.05) is 18.0 Å². The quantitative estimate of drug-likeness (QED) is 0.645. The SMILES string of the molecule is c1ccc2c(c1)O[C@@H]1CNCC[C@@H]21. The van der Waals surface area contributed by atoms with Gasteiger partial charge in [-0.15, -0.1) is 0 Å². The molecule has 13 heavy (non-hydrogen) atoms. The van der Waals surface area contributed by atoms with Crippen molar-refractivity contribution in [3.63, 3.8) is 0 Å². The molecule has 0 radical (unpaired) electrons. The Bertz CT molecular complexity index is 324. The Labute approximate surface area is 77.9 Å². The summed E-state index contributed by atoms with van der Waals surface area (Å²) in [6.45, 7) is 2.12. The number of para-hydroxylation sites is 1. The van der Waals surface area contributed by atoms with Crippen LogP contribution in [0.5, 0.6) is 5.75 Å². The third kappa shape index (κ3) is 1.05. The molecule has 0 aromatic heterocycles. The van der Waals surface area contributed by atoms with E-state index in [2.05, 4.69) is 23.5 Å². The van der Waals surface area contributed by atoms with Gasteiger partial charge in [0.25, 0.3) is 0 Å². The van der Waals surface area contributed by atoms with Crippen molar-refractivity contribution in [2.45, 2.75) is 18.4 Å². The van der Waals surface area contributed by atoms with Crippen LogP contribution in [0, 0.1) is 0 Å². The average molecular weight is 175 g/mol. The molecule has 2 aliphatic heterocycles. The molecule has 0 unspecified atom stereocenters. The Morgan fingerprint density at radius 2 is 2.23 bits per heavy atom. The molecule has 1 N–H and O–H groups in total. The van der Waals surface area contributed by atoms with Crippen molar-refractivity contribution < 1.29 is 4.74 Å². The lowest BCUT2D eigenvalue weighted by Crippen LogP contribution is -2.39. The molecule has 2 heteroatoms. The first-order valence-corrected chi connectivity index (χ1v) is 4.91. The second-order valence-corrected chi connectivity index (χ2v) is 3.79. The minimum absolute atomic E-state index is 0.381. The van der Waals surface area contributed by atoms with Gasteiger partial charge < -0.3 is 10.1 Å². The van der Waals surface area contributed by atoms with Crippen LogP contribution >= 0.6 is 0 Å². The molecule has 2 aliphatic rings. The van der Waals surface area contributed by atoms with Gasteiger partial charge in [-0.2, -0.15) is 0 Å². The van der Waals surface area contributed by atoms with Crippen LogP contribution in [0.25, 0.3) is 0 Å². The van der Waals surface area contributed by atoms with Crippen molar-refractivity contribution in [2.75, 3.05) is 13.1 Å². The largest absolute Gasteiger partial charge is 0.488 e. The first kappa shape index (κ1) is 7.39. The van der Waals surface area contributed by atoms with Crippen LogP contribution < -0.4 is 10.1 Å². The van der Waals surface area contributed by atoms with Crippen LogP contribution in [0.2, 0.25) is 0 Å². The summed E-state index contributed by atoms with van der Waals surface area (Å²) in [6.07, 6.45) is 1.59. The van der Waals surface area contributed by atoms with Gasteiger partial charge in [-0.3, -0.25) is 0 Å². The van der Waals surface area contributed by atoms with E-state index in [9.17, 15) is 0 Å². The summed E-state index contributed by atoms with van der Waals surface area (Å²) in [4.78, 5) is 0. The highest BCUT2D eigenvalue weighted by Crippen LogP contribution is 2.40. The molecule has 1 aromatic carbocycles. The van der Waals surface area contributed by atoms with Gasteiger partial charge in [0.1, 0.15) is 11.9 Å². The van der Waals surface area contributed by atoms with Gasteiger partial charge in [-0.1, -0.05) is 18.2 Å². The van der Waals surface area contributed by atoms with Crippen LogP contribution in [0.1, 0.15) is 17.9 Å². The Morgan fingerprint density at radius 3 is 3.23 bits per heavy atom. The Kier molecular flexibility index (Phi) is 1.56. The first-order chi connectivity index (χ1) is 6.45. The van der Waals surface area contributed by atoms with Gasteiger partial charge in [0.15, 0.2) is 0 Å². The first-order valence-electron chi connectivity index (χ1n) is 4.91. The maximum atomic E-state index is 5.85. The number of hydrogen-bond donors (Lipinski definition) is 1. The van der Waals surface area contributed by atoms with E-state index in [0.717, 1.165) is 18.8 Å². The van der Waals surface area contributed by atoms with E-state index in [1.807, 2.05) is 6.07 Å². The predicted octanol–water partition coefficient (Wildman–Crippen LogP) is 1.52. The molecular weight excluding hydrogens is 162 g/mol. The predicted molar refractivity (Wildman–Crippen MR) is 51.1 cm³/mol. The number of piperidine rings is 1. The fourth-order valence-corrected chi connectivity index (χ4v) is 2.37. The zero-order valence-corrected chi connectivity index (χ0v) is 7.49. The summed E-state index contributed by atoms with van der Waals surface area (Å²) in [5, 5.41) is 3.37. The minimum Gasteiger partial charge on any atom is -0.488 e. The van der Waals surface area contributed by atoms with E-state index in [4.69, 9.17) is 4.74 Å². The van der Waals surface area contributed by atoms with Gasteiger partial charge in [0.2, 0.25) is 0 Å². The molecule has 0 bridgehead atoms. The van der Waals surface area contributed by atoms with Crippen molar-refractivity contribution in [1.82, 2.24) is 5.32 Å². The number of nitrogens with one attached hydrogen (secondary N) is 1. The van der Waals surface area contributed by atoms with Gasteiger partial charge in [0.05, 0.1) is 0 Å². The Balaban J connectivity index is 2.01. The van der Waals surface area contributed by atoms with E-state index >= 15 is 0 Å². The monoisotopic (exact) mass is 175 g/mol. The number of hydrogen-bond acceptors (Lipinski definition) is 2. The number of benzene rings is 1. The topological polar surface area (TPSA) is 21.3 Å². The van der Waals surface area contributed by atoms with Crippen LogP contribution in [-0.4, -0.2) is 19.2 Å². The molecule has 68 valence electrons. The second kappa shape index (κ2) is 2.74. The molecule has 1 aromatic rings. The fourth-order valence-electron chi connectivity index (χ4n) is 2.37. The summed E-state index contributed by atoms with van der Waals surface area (Å²) in [6, 6.07) is 8.43. The molecule has 2 nitrogen and oxygen atoms in total. The number of ether oxygens (including phenoxy) is 1. The van der Waals surface area contributed by atoms with Crippen molar-refractivity contribution in [2.24, 2.45) is 0 Å². The summed E-state index contributed by atoms with van der Waals surface area (Å²) < 4.78 is 5.85. The van der Waals surface area contributed by atoms with Gasteiger partial charge in [-0.05, 0) is 19.0 Å². The molecule has 2 atom stereocenters. The lowest BCUT2D eigenvalue weighted by atomic mass is 9.90. The maximum Gasteiger partial charge on any atom is 0.123 e. The van der Waals surface area contributed by atoms with E-state index in [0.29, 0.717) is 12.0 Å². The van der Waals surface area contributed by atoms with Crippen LogP contribution in [0.15, 0.2) is 24.3 Å². The van der Waals surface area contributed by atoms with Crippen LogP contribution in [0.3, 0.4) is 0 Å². The number of fused-ring (bicyclic) bond motifs is 3. The molecule has 1 saturated heterocycles. The van der Waals surface area contributed by atoms with Crippen LogP contribution in [-0.2, 0) is 0 Å². The lowest BCUT2D eigenvalue weighted by Gasteiger charge is -2.24. The Morgan fingerprint density at radius 1 is 1.31 bits per heavy atom. The van der Waals surface area contributed by atoms with Gasteiger partial charge >= 0.3 is 0 Å². The van der Waals surface area contributed by atoms with E-state index in [1.165, 1.54) is 12.0 Å². The highest BCUT2D eigenvalue weighted by atomic mass is 16.5. The zero-order chi connectivity index (χ0) is 8.67. The third-order valence-corrected chi connectivity index (χ3v) is 3.02. The lowest BCUT2D eigenvalue weighted by molar-refractivity contribution is 0.177. The highest BCUT2D eigenvalue weighted by molar-refractivity contribution is 5.41. The minimum atomic E-state index is 0.381. The molecular formula is C11H13NO. The Hall–Kier alpha value is -1.02. The third-order valence-electron chi connectivity index (χ3n) is 3.02. The fraction of sp³-hybridized carbons (Fsp3) is 0.455. The second-order valence-electron chi connectivity index (χ2n) is 3.79. The summed E-state index contributed by atoms with van der Waals surface area (Å²) in [7, 11) is 0. The van der Waals surface area contributed by atoms with Crippen molar-refractivity contribution in [3.05, 3.63) is 29.8 Å². The van der Waals surface area contributed by atoms with Gasteiger partial charge in [-0.25, -0.2) is 0 Å². The standard InChI is InChI=1S/C11H13NO/c1-2-4-10-8(3-1)9-5-6-12-7-11(9)13-10/h1-4,9,11-12H,5-7H2/t9-,11+/m0/s1. The molecule has 2 heterocycles. The average Bonchev–Trinajstić information content (AvgIpc) is 2.56. The zero-order valence-electron chi connectivity index (χ0n) is 7.49. The maximum absolute atomic E-state index is 5.85. The van der Waals surface area contributed by atoms with Crippen molar-refractivity contribution >= 4 is 0 Å². The molecule has 0 spiro atoms.